The normalized spacial score (nSPS) is 15.5. The highest BCUT2D eigenvalue weighted by atomic mass is 16.4. The van der Waals surface area contributed by atoms with Crippen LogP contribution in [0.25, 0.3) is 0 Å². The minimum Gasteiger partial charge on any atom is -0.478 e. The highest BCUT2D eigenvalue weighted by molar-refractivity contribution is 5.94. The standard InChI is InChI=1S/C29H34N4O3.C2H6/c1-29(2,3)24-7-5-4-6-21(18-24)19-31-27(34)23-10-13-26(30-20-23)33-16-14-32(15-17-33)25-11-8-22(9-12-25)28(35)36;1-2/h5-13,18,20H,4,14-17,19H2,1-3H3,(H,31,34)(H,35,36);1-2H3. The van der Waals surface area contributed by atoms with Gasteiger partial charge in [0.2, 0.25) is 0 Å². The minimum absolute atomic E-state index is 0.0557. The number of carbonyl (C=O) groups is 2. The number of pyridine rings is 1. The molecule has 2 aliphatic rings. The van der Waals surface area contributed by atoms with Gasteiger partial charge in [-0.1, -0.05) is 58.9 Å². The Balaban J connectivity index is 0.00000195. The summed E-state index contributed by atoms with van der Waals surface area (Å²) in [7, 11) is 0. The summed E-state index contributed by atoms with van der Waals surface area (Å²) in [6, 6.07) is 10.7. The molecule has 2 aromatic rings. The molecule has 2 N–H and O–H groups in total. The molecule has 2 heterocycles. The van der Waals surface area contributed by atoms with E-state index < -0.39 is 5.97 Å². The van der Waals surface area contributed by atoms with Crippen molar-refractivity contribution in [2.24, 2.45) is 5.41 Å². The quantitative estimate of drug-likeness (QED) is 0.511. The van der Waals surface area contributed by atoms with Gasteiger partial charge in [0, 0.05) is 44.6 Å². The molecule has 1 saturated heterocycles. The molecular weight excluding hydrogens is 476 g/mol. The number of aromatic nitrogens is 1. The molecule has 7 heteroatoms. The molecule has 202 valence electrons. The molecule has 0 saturated carbocycles. The Morgan fingerprint density at radius 2 is 1.58 bits per heavy atom. The predicted octanol–water partition coefficient (Wildman–Crippen LogP) is 5.72. The van der Waals surface area contributed by atoms with Crippen LogP contribution in [0, 0.1) is 5.41 Å². The van der Waals surface area contributed by atoms with Crippen molar-refractivity contribution in [1.29, 1.82) is 0 Å². The Kier molecular flexibility index (Phi) is 9.88. The fourth-order valence-corrected chi connectivity index (χ4v) is 4.31. The van der Waals surface area contributed by atoms with Crippen molar-refractivity contribution in [3.05, 3.63) is 89.2 Å². The molecule has 0 unspecified atom stereocenters. The van der Waals surface area contributed by atoms with Gasteiger partial charge in [-0.15, -0.1) is 0 Å². The average Bonchev–Trinajstić information content (AvgIpc) is 3.19. The number of nitrogens with one attached hydrogen (secondary N) is 1. The van der Waals surface area contributed by atoms with Crippen molar-refractivity contribution in [1.82, 2.24) is 10.3 Å². The van der Waals surface area contributed by atoms with Crippen LogP contribution >= 0.6 is 0 Å². The van der Waals surface area contributed by atoms with Gasteiger partial charge >= 0.3 is 5.97 Å². The van der Waals surface area contributed by atoms with Gasteiger partial charge in [-0.3, -0.25) is 4.79 Å². The summed E-state index contributed by atoms with van der Waals surface area (Å²) < 4.78 is 0. The molecule has 7 nitrogen and oxygen atoms in total. The molecule has 0 spiro atoms. The third-order valence-electron chi connectivity index (χ3n) is 6.57. The Morgan fingerprint density at radius 1 is 0.947 bits per heavy atom. The van der Waals surface area contributed by atoms with Crippen molar-refractivity contribution in [2.75, 3.05) is 42.5 Å². The van der Waals surface area contributed by atoms with Gasteiger partial charge in [-0.25, -0.2) is 9.78 Å². The van der Waals surface area contributed by atoms with Gasteiger partial charge < -0.3 is 20.2 Å². The number of carboxylic acids is 1. The van der Waals surface area contributed by atoms with Crippen LogP contribution in [0.3, 0.4) is 0 Å². The van der Waals surface area contributed by atoms with E-state index in [9.17, 15) is 9.59 Å². The monoisotopic (exact) mass is 516 g/mol. The number of piperazine rings is 1. The number of carboxylic acid groups (broad SMARTS) is 1. The second-order valence-electron chi connectivity index (χ2n) is 10.2. The summed E-state index contributed by atoms with van der Waals surface area (Å²) in [5.41, 5.74) is 4.27. The van der Waals surface area contributed by atoms with Gasteiger partial charge in [0.25, 0.3) is 5.91 Å². The van der Waals surface area contributed by atoms with E-state index in [2.05, 4.69) is 65.2 Å². The highest BCUT2D eigenvalue weighted by Crippen LogP contribution is 2.29. The lowest BCUT2D eigenvalue weighted by atomic mass is 9.85. The Morgan fingerprint density at radius 3 is 2.16 bits per heavy atom. The maximum Gasteiger partial charge on any atom is 0.335 e. The van der Waals surface area contributed by atoms with Crippen LogP contribution in [0.5, 0.6) is 0 Å². The molecule has 4 rings (SSSR count). The summed E-state index contributed by atoms with van der Waals surface area (Å²) in [6.45, 7) is 14.3. The first-order chi connectivity index (χ1) is 18.2. The molecular formula is C31H40N4O3. The fourth-order valence-electron chi connectivity index (χ4n) is 4.31. The van der Waals surface area contributed by atoms with Gasteiger partial charge in [0.05, 0.1) is 11.1 Å². The summed E-state index contributed by atoms with van der Waals surface area (Å²) in [4.78, 5) is 32.8. The molecule has 1 aromatic heterocycles. The van der Waals surface area contributed by atoms with Crippen molar-refractivity contribution in [3.63, 3.8) is 0 Å². The largest absolute Gasteiger partial charge is 0.478 e. The number of aromatic carboxylic acids is 1. The number of allylic oxidation sites excluding steroid dienone is 4. The smallest absolute Gasteiger partial charge is 0.335 e. The van der Waals surface area contributed by atoms with Gasteiger partial charge in [0.1, 0.15) is 5.82 Å². The van der Waals surface area contributed by atoms with Crippen LogP contribution in [0.1, 0.15) is 61.8 Å². The van der Waals surface area contributed by atoms with E-state index in [-0.39, 0.29) is 11.3 Å². The van der Waals surface area contributed by atoms with Gasteiger partial charge in [0.15, 0.2) is 0 Å². The molecule has 1 aliphatic heterocycles. The minimum atomic E-state index is -0.917. The van der Waals surface area contributed by atoms with E-state index in [0.29, 0.717) is 17.7 Å². The zero-order valence-corrected chi connectivity index (χ0v) is 23.2. The number of carbonyl (C=O) groups excluding carboxylic acids is 1. The van der Waals surface area contributed by atoms with Crippen molar-refractivity contribution < 1.29 is 14.7 Å². The SMILES string of the molecule is CC.CC(C)(C)C1=CC(CNC(=O)c2ccc(N3CCN(c4ccc(C(=O)O)cc4)CC3)nc2)=CCC=C1. The molecule has 1 amide bonds. The van der Waals surface area contributed by atoms with Crippen LogP contribution in [-0.2, 0) is 0 Å². The van der Waals surface area contributed by atoms with Crippen LogP contribution in [0.4, 0.5) is 11.5 Å². The molecule has 1 fully saturated rings. The number of anilines is 2. The number of benzene rings is 1. The first kappa shape index (κ1) is 28.7. The lowest BCUT2D eigenvalue weighted by molar-refractivity contribution is 0.0696. The number of nitrogens with zero attached hydrogens (tertiary/aromatic N) is 3. The predicted molar refractivity (Wildman–Crippen MR) is 155 cm³/mol. The molecule has 1 aliphatic carbocycles. The maximum absolute atomic E-state index is 12.7. The van der Waals surface area contributed by atoms with E-state index in [4.69, 9.17) is 5.11 Å². The van der Waals surface area contributed by atoms with Crippen LogP contribution < -0.4 is 15.1 Å². The number of hydrogen-bond acceptors (Lipinski definition) is 5. The molecule has 0 radical (unpaired) electrons. The zero-order chi connectivity index (χ0) is 27.7. The summed E-state index contributed by atoms with van der Waals surface area (Å²) in [5, 5.41) is 12.1. The van der Waals surface area contributed by atoms with Crippen molar-refractivity contribution >= 4 is 23.4 Å². The fraction of sp³-hybridized carbons (Fsp3) is 0.387. The van der Waals surface area contributed by atoms with Crippen LogP contribution in [0.15, 0.2) is 78.0 Å². The van der Waals surface area contributed by atoms with Crippen LogP contribution in [0.2, 0.25) is 0 Å². The molecule has 0 bridgehead atoms. The lowest BCUT2D eigenvalue weighted by Crippen LogP contribution is -2.46. The number of rotatable bonds is 6. The Bertz CT molecular complexity index is 1180. The second-order valence-corrected chi connectivity index (χ2v) is 10.2. The Labute approximate surface area is 226 Å². The third kappa shape index (κ3) is 7.57. The topological polar surface area (TPSA) is 85.8 Å². The van der Waals surface area contributed by atoms with E-state index in [1.54, 1.807) is 18.3 Å². The second kappa shape index (κ2) is 13.1. The van der Waals surface area contributed by atoms with E-state index in [0.717, 1.165) is 49.7 Å². The lowest BCUT2D eigenvalue weighted by Gasteiger charge is -2.36. The molecule has 1 aromatic carbocycles. The van der Waals surface area contributed by atoms with Crippen molar-refractivity contribution in [3.8, 4) is 0 Å². The summed E-state index contributed by atoms with van der Waals surface area (Å²) in [6.07, 6.45) is 11.1. The first-order valence-corrected chi connectivity index (χ1v) is 13.4. The highest BCUT2D eigenvalue weighted by Gasteiger charge is 2.20. The summed E-state index contributed by atoms with van der Waals surface area (Å²) >= 11 is 0. The Hall–Kier alpha value is -3.87. The van der Waals surface area contributed by atoms with Crippen LogP contribution in [-0.4, -0.2) is 54.7 Å². The van der Waals surface area contributed by atoms with Gasteiger partial charge in [-0.05, 0) is 59.4 Å². The van der Waals surface area contributed by atoms with Gasteiger partial charge in [-0.2, -0.15) is 0 Å². The third-order valence-corrected chi connectivity index (χ3v) is 6.57. The number of hydrogen-bond donors (Lipinski definition) is 2. The number of amides is 1. The van der Waals surface area contributed by atoms with E-state index in [1.807, 2.05) is 38.1 Å². The average molecular weight is 517 g/mol. The zero-order valence-electron chi connectivity index (χ0n) is 23.2. The van der Waals surface area contributed by atoms with Crippen molar-refractivity contribution in [2.45, 2.75) is 41.0 Å². The van der Waals surface area contributed by atoms with E-state index >= 15 is 0 Å². The van der Waals surface area contributed by atoms with E-state index in [1.165, 1.54) is 5.57 Å². The first-order valence-electron chi connectivity index (χ1n) is 13.4. The maximum atomic E-state index is 12.7. The molecule has 38 heavy (non-hydrogen) atoms. The molecule has 0 atom stereocenters. The summed E-state index contributed by atoms with van der Waals surface area (Å²) in [5.74, 6) is -0.199.